The first-order valence-corrected chi connectivity index (χ1v) is 6.43. The third-order valence-corrected chi connectivity index (χ3v) is 3.56. The van der Waals surface area contributed by atoms with Gasteiger partial charge in [0.15, 0.2) is 0 Å². The summed E-state index contributed by atoms with van der Waals surface area (Å²) in [5.74, 6) is -0.466. The molecule has 0 spiro atoms. The summed E-state index contributed by atoms with van der Waals surface area (Å²) < 4.78 is 0. The van der Waals surface area contributed by atoms with Crippen molar-refractivity contribution in [1.29, 1.82) is 0 Å². The Kier molecular flexibility index (Phi) is 3.95. The molecule has 1 saturated heterocycles. The van der Waals surface area contributed by atoms with E-state index in [-0.39, 0.29) is 22.6 Å². The van der Waals surface area contributed by atoms with Crippen molar-refractivity contribution >= 4 is 23.4 Å². The third kappa shape index (κ3) is 2.66. The molecule has 0 radical (unpaired) electrons. The largest absolute Gasteiger partial charge is 0.506 e. The standard InChI is InChI=1S/C13H15ClN2O3/c1-15-12(18)10-3-2-6-16(10)13(19)8-4-5-11(17)9(14)7-8/h4-5,7,10,17H,2-3,6H2,1H3,(H,15,18). The topological polar surface area (TPSA) is 69.6 Å². The molecule has 0 saturated carbocycles. The molecule has 0 aliphatic carbocycles. The number of likely N-dealkylation sites (N-methyl/N-ethyl adjacent to an activating group) is 1. The number of phenolic OH excluding ortho intramolecular Hbond substituents is 1. The Balaban J connectivity index is 2.23. The summed E-state index contributed by atoms with van der Waals surface area (Å²) in [4.78, 5) is 25.6. The lowest BCUT2D eigenvalue weighted by Crippen LogP contribution is -2.44. The van der Waals surface area contributed by atoms with Gasteiger partial charge >= 0.3 is 0 Å². The molecule has 2 N–H and O–H groups in total. The number of rotatable bonds is 2. The van der Waals surface area contributed by atoms with Crippen LogP contribution in [-0.4, -0.2) is 41.5 Å². The van der Waals surface area contributed by atoms with Crippen molar-refractivity contribution in [2.24, 2.45) is 0 Å². The zero-order chi connectivity index (χ0) is 14.0. The normalized spacial score (nSPS) is 18.4. The second-order valence-corrected chi connectivity index (χ2v) is 4.84. The molecule has 1 aromatic carbocycles. The number of benzene rings is 1. The maximum absolute atomic E-state index is 12.3. The quantitative estimate of drug-likeness (QED) is 0.861. The number of amides is 2. The monoisotopic (exact) mass is 282 g/mol. The van der Waals surface area contributed by atoms with E-state index in [1.165, 1.54) is 18.2 Å². The number of likely N-dealkylation sites (tertiary alicyclic amines) is 1. The third-order valence-electron chi connectivity index (χ3n) is 3.26. The highest BCUT2D eigenvalue weighted by atomic mass is 35.5. The number of carbonyl (C=O) groups is 2. The molecule has 0 bridgehead atoms. The van der Waals surface area contributed by atoms with Gasteiger partial charge in [-0.2, -0.15) is 0 Å². The molecule has 19 heavy (non-hydrogen) atoms. The summed E-state index contributed by atoms with van der Waals surface area (Å²) in [5, 5.41) is 12.0. The van der Waals surface area contributed by atoms with E-state index < -0.39 is 6.04 Å². The molecule has 1 aliphatic rings. The Labute approximate surface area is 116 Å². The first-order chi connectivity index (χ1) is 9.04. The SMILES string of the molecule is CNC(=O)C1CCCN1C(=O)c1ccc(O)c(Cl)c1. The molecule has 1 heterocycles. The molecular formula is C13H15ClN2O3. The number of hydrogen-bond acceptors (Lipinski definition) is 3. The smallest absolute Gasteiger partial charge is 0.254 e. The zero-order valence-electron chi connectivity index (χ0n) is 10.5. The predicted molar refractivity (Wildman–Crippen MR) is 71.2 cm³/mol. The van der Waals surface area contributed by atoms with Gasteiger partial charge in [0.05, 0.1) is 5.02 Å². The second-order valence-electron chi connectivity index (χ2n) is 4.44. The minimum absolute atomic E-state index is 0.0671. The molecule has 102 valence electrons. The van der Waals surface area contributed by atoms with Crippen molar-refractivity contribution < 1.29 is 14.7 Å². The first-order valence-electron chi connectivity index (χ1n) is 6.05. The Morgan fingerprint density at radius 2 is 2.21 bits per heavy atom. The lowest BCUT2D eigenvalue weighted by Gasteiger charge is -2.23. The van der Waals surface area contributed by atoms with Gasteiger partial charge in [0, 0.05) is 19.2 Å². The van der Waals surface area contributed by atoms with Gasteiger partial charge in [-0.05, 0) is 31.0 Å². The molecule has 2 amide bonds. The van der Waals surface area contributed by atoms with E-state index in [0.717, 1.165) is 6.42 Å². The lowest BCUT2D eigenvalue weighted by atomic mass is 10.1. The zero-order valence-corrected chi connectivity index (χ0v) is 11.3. The highest BCUT2D eigenvalue weighted by Crippen LogP contribution is 2.26. The lowest BCUT2D eigenvalue weighted by molar-refractivity contribution is -0.124. The molecule has 1 aromatic rings. The number of aromatic hydroxyl groups is 1. The van der Waals surface area contributed by atoms with E-state index in [9.17, 15) is 14.7 Å². The van der Waals surface area contributed by atoms with Crippen molar-refractivity contribution in [3.8, 4) is 5.75 Å². The molecule has 0 aromatic heterocycles. The van der Waals surface area contributed by atoms with Gasteiger partial charge in [-0.25, -0.2) is 0 Å². The van der Waals surface area contributed by atoms with Gasteiger partial charge in [0.1, 0.15) is 11.8 Å². The van der Waals surface area contributed by atoms with Gasteiger partial charge in [0.25, 0.3) is 5.91 Å². The van der Waals surface area contributed by atoms with Crippen molar-refractivity contribution in [1.82, 2.24) is 10.2 Å². The Bertz CT molecular complexity index is 519. The maximum atomic E-state index is 12.3. The Hall–Kier alpha value is -1.75. The highest BCUT2D eigenvalue weighted by Gasteiger charge is 2.34. The summed E-state index contributed by atoms with van der Waals surface area (Å²) in [6.07, 6.45) is 1.47. The number of phenols is 1. The van der Waals surface area contributed by atoms with Crippen LogP contribution in [0, 0.1) is 0 Å². The number of halogens is 1. The average molecular weight is 283 g/mol. The van der Waals surface area contributed by atoms with Crippen LogP contribution in [0.25, 0.3) is 0 Å². The Morgan fingerprint density at radius 3 is 2.84 bits per heavy atom. The minimum atomic E-state index is -0.426. The molecule has 1 fully saturated rings. The van der Waals surface area contributed by atoms with Gasteiger partial charge in [-0.15, -0.1) is 0 Å². The molecule has 1 atom stereocenters. The minimum Gasteiger partial charge on any atom is -0.506 e. The molecule has 6 heteroatoms. The van der Waals surface area contributed by atoms with Crippen LogP contribution < -0.4 is 5.32 Å². The first kappa shape index (κ1) is 13.7. The van der Waals surface area contributed by atoms with Gasteiger partial charge in [0.2, 0.25) is 5.91 Å². The fourth-order valence-electron chi connectivity index (χ4n) is 2.25. The second kappa shape index (κ2) is 5.48. The van der Waals surface area contributed by atoms with Crippen LogP contribution in [0.2, 0.25) is 5.02 Å². The Morgan fingerprint density at radius 1 is 1.47 bits per heavy atom. The van der Waals surface area contributed by atoms with Crippen molar-refractivity contribution in [2.45, 2.75) is 18.9 Å². The van der Waals surface area contributed by atoms with E-state index in [1.54, 1.807) is 11.9 Å². The summed E-state index contributed by atoms with van der Waals surface area (Å²) in [6.45, 7) is 0.551. The van der Waals surface area contributed by atoms with E-state index >= 15 is 0 Å². The molecular weight excluding hydrogens is 268 g/mol. The summed E-state index contributed by atoms with van der Waals surface area (Å²) in [5.41, 5.74) is 0.374. The van der Waals surface area contributed by atoms with Crippen LogP contribution in [0.4, 0.5) is 0 Å². The summed E-state index contributed by atoms with van der Waals surface area (Å²) >= 11 is 5.79. The fourth-order valence-corrected chi connectivity index (χ4v) is 2.44. The van der Waals surface area contributed by atoms with Crippen molar-refractivity contribution in [2.75, 3.05) is 13.6 Å². The van der Waals surface area contributed by atoms with E-state index in [1.807, 2.05) is 0 Å². The van der Waals surface area contributed by atoms with E-state index in [4.69, 9.17) is 11.6 Å². The van der Waals surface area contributed by atoms with Crippen molar-refractivity contribution in [3.63, 3.8) is 0 Å². The van der Waals surface area contributed by atoms with Crippen LogP contribution >= 0.6 is 11.6 Å². The molecule has 1 aliphatic heterocycles. The van der Waals surface area contributed by atoms with Crippen LogP contribution in [0.5, 0.6) is 5.75 Å². The van der Waals surface area contributed by atoms with E-state index in [2.05, 4.69) is 5.32 Å². The molecule has 1 unspecified atom stereocenters. The number of hydrogen-bond donors (Lipinski definition) is 2. The average Bonchev–Trinajstić information content (AvgIpc) is 2.89. The predicted octanol–water partition coefficient (Wildman–Crippen LogP) is 1.40. The van der Waals surface area contributed by atoms with Crippen LogP contribution in [-0.2, 0) is 4.79 Å². The maximum Gasteiger partial charge on any atom is 0.254 e. The number of nitrogens with one attached hydrogen (secondary N) is 1. The van der Waals surface area contributed by atoms with Crippen molar-refractivity contribution in [3.05, 3.63) is 28.8 Å². The summed E-state index contributed by atoms with van der Waals surface area (Å²) in [7, 11) is 1.56. The van der Waals surface area contributed by atoms with Gasteiger partial charge in [-0.3, -0.25) is 9.59 Å². The molecule has 5 nitrogen and oxygen atoms in total. The van der Waals surface area contributed by atoms with E-state index in [0.29, 0.717) is 18.5 Å². The van der Waals surface area contributed by atoms with Gasteiger partial charge < -0.3 is 15.3 Å². The van der Waals surface area contributed by atoms with Crippen LogP contribution in [0.1, 0.15) is 23.2 Å². The highest BCUT2D eigenvalue weighted by molar-refractivity contribution is 6.32. The summed E-state index contributed by atoms with van der Waals surface area (Å²) in [6, 6.07) is 3.87. The number of carbonyl (C=O) groups excluding carboxylic acids is 2. The van der Waals surface area contributed by atoms with Crippen LogP contribution in [0.3, 0.4) is 0 Å². The number of nitrogens with zero attached hydrogens (tertiary/aromatic N) is 1. The van der Waals surface area contributed by atoms with Gasteiger partial charge in [-0.1, -0.05) is 11.6 Å². The molecule has 2 rings (SSSR count). The fraction of sp³-hybridized carbons (Fsp3) is 0.385. The van der Waals surface area contributed by atoms with Crippen LogP contribution in [0.15, 0.2) is 18.2 Å².